The van der Waals surface area contributed by atoms with Gasteiger partial charge in [-0.25, -0.2) is 4.68 Å². The first-order chi connectivity index (χ1) is 9.61. The van der Waals surface area contributed by atoms with Crippen LogP contribution in [0.25, 0.3) is 5.69 Å². The van der Waals surface area contributed by atoms with E-state index in [1.807, 2.05) is 48.9 Å². The molecule has 6 heteroatoms. The molecule has 0 fully saturated rings. The average Bonchev–Trinajstić information content (AvgIpc) is 2.76. The summed E-state index contributed by atoms with van der Waals surface area (Å²) in [6.45, 7) is 4.83. The number of nitrogens with zero attached hydrogens (tertiary/aromatic N) is 2. The third kappa shape index (κ3) is 4.31. The van der Waals surface area contributed by atoms with Crippen molar-refractivity contribution in [2.24, 2.45) is 5.73 Å². The number of aromatic nitrogens is 2. The first kappa shape index (κ1) is 17.2. The highest BCUT2D eigenvalue weighted by molar-refractivity contribution is 5.85. The van der Waals surface area contributed by atoms with E-state index < -0.39 is 0 Å². The zero-order chi connectivity index (χ0) is 14.5. The minimum Gasteiger partial charge on any atom is -0.352 e. The Balaban J connectivity index is 0.00000220. The predicted octanol–water partition coefficient (Wildman–Crippen LogP) is 1.88. The lowest BCUT2D eigenvalue weighted by molar-refractivity contribution is -0.121. The van der Waals surface area contributed by atoms with E-state index in [9.17, 15) is 4.79 Å². The van der Waals surface area contributed by atoms with Gasteiger partial charge in [-0.1, -0.05) is 18.2 Å². The molecule has 0 bridgehead atoms. The largest absolute Gasteiger partial charge is 0.352 e. The van der Waals surface area contributed by atoms with Crippen molar-refractivity contribution in [2.45, 2.75) is 26.8 Å². The Morgan fingerprint density at radius 2 is 2.05 bits per heavy atom. The lowest BCUT2D eigenvalue weighted by atomic mass is 10.1. The minimum absolute atomic E-state index is 0. The molecule has 3 N–H and O–H groups in total. The fourth-order valence-corrected chi connectivity index (χ4v) is 2.15. The van der Waals surface area contributed by atoms with E-state index in [1.165, 1.54) is 0 Å². The molecule has 5 nitrogen and oxygen atoms in total. The van der Waals surface area contributed by atoms with Crippen LogP contribution in [0.1, 0.15) is 23.4 Å². The molecule has 1 heterocycles. The summed E-state index contributed by atoms with van der Waals surface area (Å²) in [6.07, 6.45) is 0.349. The molecular weight excluding hydrogens is 288 g/mol. The summed E-state index contributed by atoms with van der Waals surface area (Å²) in [5.74, 6) is -0.0318. The third-order valence-electron chi connectivity index (χ3n) is 3.08. The van der Waals surface area contributed by atoms with E-state index in [4.69, 9.17) is 5.73 Å². The van der Waals surface area contributed by atoms with Gasteiger partial charge in [0.05, 0.1) is 11.4 Å². The number of carbonyl (C=O) groups is 1. The maximum atomic E-state index is 11.5. The second-order valence-electron chi connectivity index (χ2n) is 4.78. The van der Waals surface area contributed by atoms with E-state index in [1.54, 1.807) is 0 Å². The van der Waals surface area contributed by atoms with E-state index in [2.05, 4.69) is 10.4 Å². The Bertz CT molecular complexity index is 609. The number of hydrogen-bond acceptors (Lipinski definition) is 3. The van der Waals surface area contributed by atoms with Gasteiger partial charge in [-0.2, -0.15) is 5.10 Å². The number of nitrogens with one attached hydrogen (secondary N) is 1. The molecule has 2 aromatic rings. The van der Waals surface area contributed by atoms with E-state index in [0.717, 1.165) is 22.6 Å². The molecule has 0 aliphatic heterocycles. The summed E-state index contributed by atoms with van der Waals surface area (Å²) >= 11 is 0. The molecule has 1 aromatic carbocycles. The Kier molecular flexibility index (Phi) is 6.39. The number of halogens is 1. The number of para-hydroxylation sites is 1. The fourth-order valence-electron chi connectivity index (χ4n) is 2.15. The molecule has 0 atom stereocenters. The number of benzene rings is 1. The molecular formula is C15H21ClN4O. The summed E-state index contributed by atoms with van der Waals surface area (Å²) in [5.41, 5.74) is 9.44. The highest BCUT2D eigenvalue weighted by atomic mass is 35.5. The van der Waals surface area contributed by atoms with Gasteiger partial charge in [0.1, 0.15) is 0 Å². The Morgan fingerprint density at radius 3 is 2.67 bits per heavy atom. The zero-order valence-corrected chi connectivity index (χ0v) is 13.1. The van der Waals surface area contributed by atoms with Crippen molar-refractivity contribution >= 4 is 18.3 Å². The maximum absolute atomic E-state index is 11.5. The van der Waals surface area contributed by atoms with Crippen LogP contribution in [0.5, 0.6) is 0 Å². The van der Waals surface area contributed by atoms with Gasteiger partial charge >= 0.3 is 0 Å². The molecule has 1 amide bonds. The van der Waals surface area contributed by atoms with Crippen LogP contribution < -0.4 is 11.1 Å². The van der Waals surface area contributed by atoms with E-state index in [0.29, 0.717) is 19.5 Å². The van der Waals surface area contributed by atoms with Crippen molar-refractivity contribution < 1.29 is 4.79 Å². The van der Waals surface area contributed by atoms with Crippen molar-refractivity contribution in [3.05, 3.63) is 47.3 Å². The quantitative estimate of drug-likeness (QED) is 0.885. The van der Waals surface area contributed by atoms with Gasteiger partial charge < -0.3 is 11.1 Å². The summed E-state index contributed by atoms with van der Waals surface area (Å²) in [5, 5.41) is 7.36. The van der Waals surface area contributed by atoms with Gasteiger partial charge in [0.2, 0.25) is 5.91 Å². The standard InChI is InChI=1S/C15H20N4O.ClH/c1-11-9-12(2)19(18-11)14-6-4-3-5-13(14)10-17-15(20)7-8-16;/h3-6,9H,7-8,10,16H2,1-2H3,(H,17,20);1H. The second kappa shape index (κ2) is 7.81. The lowest BCUT2D eigenvalue weighted by Gasteiger charge is -2.12. The normalized spacial score (nSPS) is 10.0. The first-order valence-corrected chi connectivity index (χ1v) is 6.70. The van der Waals surface area contributed by atoms with Crippen LogP contribution in [0.4, 0.5) is 0 Å². The number of carbonyl (C=O) groups excluding carboxylic acids is 1. The molecule has 0 radical (unpaired) electrons. The Morgan fingerprint density at radius 1 is 1.33 bits per heavy atom. The summed E-state index contributed by atoms with van der Waals surface area (Å²) in [7, 11) is 0. The third-order valence-corrected chi connectivity index (χ3v) is 3.08. The van der Waals surface area contributed by atoms with E-state index in [-0.39, 0.29) is 18.3 Å². The summed E-state index contributed by atoms with van der Waals surface area (Å²) < 4.78 is 1.90. The van der Waals surface area contributed by atoms with Gasteiger partial charge in [0.25, 0.3) is 0 Å². The van der Waals surface area contributed by atoms with Crippen molar-refractivity contribution in [3.63, 3.8) is 0 Å². The van der Waals surface area contributed by atoms with Crippen molar-refractivity contribution in [3.8, 4) is 5.69 Å². The van der Waals surface area contributed by atoms with Crippen molar-refractivity contribution in [1.29, 1.82) is 0 Å². The van der Waals surface area contributed by atoms with Crippen molar-refractivity contribution in [2.75, 3.05) is 6.54 Å². The predicted molar refractivity (Wildman–Crippen MR) is 85.8 cm³/mol. The number of nitrogens with two attached hydrogens (primary N) is 1. The molecule has 0 spiro atoms. The maximum Gasteiger partial charge on any atom is 0.221 e. The molecule has 0 saturated carbocycles. The van der Waals surface area contributed by atoms with E-state index >= 15 is 0 Å². The minimum atomic E-state index is -0.0318. The number of hydrogen-bond donors (Lipinski definition) is 2. The molecule has 0 aliphatic rings. The molecule has 0 aliphatic carbocycles. The van der Waals surface area contributed by atoms with Gasteiger partial charge in [-0.05, 0) is 31.5 Å². The molecule has 1 aromatic heterocycles. The highest BCUT2D eigenvalue weighted by Gasteiger charge is 2.09. The SMILES string of the molecule is Cc1cc(C)n(-c2ccccc2CNC(=O)CCN)n1.Cl. The zero-order valence-electron chi connectivity index (χ0n) is 12.3. The van der Waals surface area contributed by atoms with Crippen LogP contribution in [-0.4, -0.2) is 22.2 Å². The van der Waals surface area contributed by atoms with Crippen LogP contribution in [0, 0.1) is 13.8 Å². The summed E-state index contributed by atoms with van der Waals surface area (Å²) in [4.78, 5) is 11.5. The van der Waals surface area contributed by atoms with Crippen molar-refractivity contribution in [1.82, 2.24) is 15.1 Å². The van der Waals surface area contributed by atoms with Gasteiger partial charge in [-0.3, -0.25) is 4.79 Å². The second-order valence-corrected chi connectivity index (χ2v) is 4.78. The van der Waals surface area contributed by atoms with Gasteiger partial charge in [-0.15, -0.1) is 12.4 Å². The van der Waals surface area contributed by atoms with Crippen LogP contribution in [0.2, 0.25) is 0 Å². The topological polar surface area (TPSA) is 72.9 Å². The molecule has 114 valence electrons. The number of amides is 1. The monoisotopic (exact) mass is 308 g/mol. The lowest BCUT2D eigenvalue weighted by Crippen LogP contribution is -2.25. The Hall–Kier alpha value is -1.85. The number of aryl methyl sites for hydroxylation is 2. The number of rotatable bonds is 5. The summed E-state index contributed by atoms with van der Waals surface area (Å²) in [6, 6.07) is 9.96. The van der Waals surface area contributed by atoms with Gasteiger partial charge in [0, 0.05) is 25.2 Å². The van der Waals surface area contributed by atoms with Gasteiger partial charge in [0.15, 0.2) is 0 Å². The van der Waals surface area contributed by atoms with Crippen LogP contribution in [-0.2, 0) is 11.3 Å². The Labute approximate surface area is 130 Å². The van der Waals surface area contributed by atoms with Crippen LogP contribution in [0.15, 0.2) is 30.3 Å². The highest BCUT2D eigenvalue weighted by Crippen LogP contribution is 2.16. The van der Waals surface area contributed by atoms with Crippen LogP contribution in [0.3, 0.4) is 0 Å². The van der Waals surface area contributed by atoms with Crippen LogP contribution >= 0.6 is 12.4 Å². The average molecular weight is 309 g/mol. The molecule has 21 heavy (non-hydrogen) atoms. The molecule has 0 unspecified atom stereocenters. The smallest absolute Gasteiger partial charge is 0.221 e. The fraction of sp³-hybridized carbons (Fsp3) is 0.333. The first-order valence-electron chi connectivity index (χ1n) is 6.70. The molecule has 2 rings (SSSR count). The molecule has 0 saturated heterocycles.